The molecule has 0 saturated carbocycles. The number of H-pyrrole nitrogens is 1. The number of aromatic amines is 1. The van der Waals surface area contributed by atoms with E-state index in [2.05, 4.69) is 9.97 Å². The third-order valence-electron chi connectivity index (χ3n) is 3.59. The Morgan fingerprint density at radius 3 is 1.96 bits per heavy atom. The Labute approximate surface area is 155 Å². The van der Waals surface area contributed by atoms with Crippen LogP contribution >= 0.6 is 23.2 Å². The monoisotopic (exact) mass is 396 g/mol. The number of halogens is 2. The van der Waals surface area contributed by atoms with Gasteiger partial charge in [0, 0.05) is 21.2 Å². The first-order chi connectivity index (χ1) is 11.9. The number of hydrogen-bond donors (Lipinski definition) is 2. The molecule has 0 aliphatic rings. The summed E-state index contributed by atoms with van der Waals surface area (Å²) < 4.78 is 24.5. The van der Waals surface area contributed by atoms with Gasteiger partial charge < -0.3 is 10.1 Å². The molecule has 25 heavy (non-hydrogen) atoms. The average molecular weight is 397 g/mol. The molecular formula is C17H14Cl2N2O3S. The maximum atomic E-state index is 12.3. The summed E-state index contributed by atoms with van der Waals surface area (Å²) in [5, 5.41) is 9.94. The summed E-state index contributed by atoms with van der Waals surface area (Å²) in [5.41, 5.74) is 2.49. The molecule has 0 unspecified atom stereocenters. The molecule has 3 rings (SSSR count). The van der Waals surface area contributed by atoms with Crippen molar-refractivity contribution in [2.24, 2.45) is 0 Å². The van der Waals surface area contributed by atoms with Gasteiger partial charge in [-0.05, 0) is 24.3 Å². The van der Waals surface area contributed by atoms with Gasteiger partial charge in [-0.1, -0.05) is 47.5 Å². The molecular weight excluding hydrogens is 383 g/mol. The second kappa shape index (κ2) is 7.17. The van der Waals surface area contributed by atoms with E-state index in [-0.39, 0.29) is 5.16 Å². The highest BCUT2D eigenvalue weighted by Crippen LogP contribution is 2.32. The molecule has 0 radical (unpaired) electrons. The molecule has 1 heterocycles. The lowest BCUT2D eigenvalue weighted by Crippen LogP contribution is -2.11. The van der Waals surface area contributed by atoms with Gasteiger partial charge in [0.05, 0.1) is 23.7 Å². The lowest BCUT2D eigenvalue weighted by molar-refractivity contribution is 0.319. The third kappa shape index (κ3) is 3.88. The zero-order chi connectivity index (χ0) is 18.0. The fourth-order valence-corrected chi connectivity index (χ4v) is 3.53. The molecule has 2 N–H and O–H groups in total. The van der Waals surface area contributed by atoms with Crippen LogP contribution in [-0.4, -0.2) is 35.9 Å². The number of nitrogens with one attached hydrogen (secondary N) is 1. The minimum atomic E-state index is -3.71. The second-order valence-corrected chi connectivity index (χ2v) is 8.22. The molecule has 3 aromatic rings. The third-order valence-corrected chi connectivity index (χ3v) is 5.59. The molecule has 130 valence electrons. The van der Waals surface area contributed by atoms with Crippen molar-refractivity contribution in [3.8, 4) is 22.5 Å². The van der Waals surface area contributed by atoms with Gasteiger partial charge in [-0.25, -0.2) is 13.4 Å². The van der Waals surface area contributed by atoms with Gasteiger partial charge in [-0.15, -0.1) is 0 Å². The summed E-state index contributed by atoms with van der Waals surface area (Å²) in [6, 6.07) is 13.9. The number of imidazole rings is 1. The first kappa shape index (κ1) is 17.9. The molecule has 0 bridgehead atoms. The summed E-state index contributed by atoms with van der Waals surface area (Å²) >= 11 is 11.9. The van der Waals surface area contributed by atoms with Crippen LogP contribution in [0.1, 0.15) is 0 Å². The predicted octanol–water partition coefficient (Wildman–Crippen LogP) is 3.82. The van der Waals surface area contributed by atoms with Crippen LogP contribution in [-0.2, 0) is 9.84 Å². The molecule has 0 amide bonds. The molecule has 5 nitrogen and oxygen atoms in total. The summed E-state index contributed by atoms with van der Waals surface area (Å²) in [7, 11) is -3.71. The van der Waals surface area contributed by atoms with E-state index >= 15 is 0 Å². The molecule has 0 fully saturated rings. The zero-order valence-corrected chi connectivity index (χ0v) is 15.2. The van der Waals surface area contributed by atoms with E-state index in [9.17, 15) is 8.42 Å². The van der Waals surface area contributed by atoms with Crippen molar-refractivity contribution in [1.29, 1.82) is 0 Å². The van der Waals surface area contributed by atoms with Crippen molar-refractivity contribution in [2.45, 2.75) is 5.16 Å². The van der Waals surface area contributed by atoms with Crippen LogP contribution in [0.5, 0.6) is 0 Å². The van der Waals surface area contributed by atoms with Crippen molar-refractivity contribution in [3.63, 3.8) is 0 Å². The number of aromatic nitrogens is 2. The van der Waals surface area contributed by atoms with E-state index < -0.39 is 22.2 Å². The van der Waals surface area contributed by atoms with Crippen molar-refractivity contribution >= 4 is 33.0 Å². The lowest BCUT2D eigenvalue weighted by Gasteiger charge is -2.03. The molecule has 0 atom stereocenters. The number of benzene rings is 2. The van der Waals surface area contributed by atoms with E-state index in [1.807, 2.05) is 0 Å². The lowest BCUT2D eigenvalue weighted by atomic mass is 10.1. The Morgan fingerprint density at radius 2 is 1.44 bits per heavy atom. The Kier molecular flexibility index (Phi) is 5.15. The fourth-order valence-electron chi connectivity index (χ4n) is 2.36. The van der Waals surface area contributed by atoms with Gasteiger partial charge in [-0.2, -0.15) is 0 Å². The van der Waals surface area contributed by atoms with Crippen LogP contribution in [0.3, 0.4) is 0 Å². The van der Waals surface area contributed by atoms with Gasteiger partial charge in [-0.3, -0.25) is 0 Å². The van der Waals surface area contributed by atoms with Crippen molar-refractivity contribution < 1.29 is 13.5 Å². The molecule has 0 aliphatic heterocycles. The van der Waals surface area contributed by atoms with Crippen LogP contribution in [0.4, 0.5) is 0 Å². The second-order valence-electron chi connectivity index (χ2n) is 5.32. The molecule has 0 spiro atoms. The number of aliphatic hydroxyl groups excluding tert-OH is 1. The number of aliphatic hydroxyl groups is 1. The van der Waals surface area contributed by atoms with Crippen LogP contribution in [0.2, 0.25) is 10.0 Å². The number of sulfone groups is 1. The number of nitrogens with zero attached hydrogens (tertiary/aromatic N) is 1. The van der Waals surface area contributed by atoms with Crippen LogP contribution in [0.15, 0.2) is 53.7 Å². The van der Waals surface area contributed by atoms with Crippen LogP contribution < -0.4 is 0 Å². The van der Waals surface area contributed by atoms with Crippen molar-refractivity contribution in [1.82, 2.24) is 9.97 Å². The summed E-state index contributed by atoms with van der Waals surface area (Å²) in [5.74, 6) is -0.402. The summed E-state index contributed by atoms with van der Waals surface area (Å²) in [6.07, 6.45) is 0. The Hall–Kier alpha value is -1.86. The largest absolute Gasteiger partial charge is 0.395 e. The Balaban J connectivity index is 2.19. The van der Waals surface area contributed by atoms with E-state index in [0.717, 1.165) is 11.1 Å². The quantitative estimate of drug-likeness (QED) is 0.686. The highest BCUT2D eigenvalue weighted by atomic mass is 35.5. The summed E-state index contributed by atoms with van der Waals surface area (Å²) in [4.78, 5) is 7.14. The van der Waals surface area contributed by atoms with Gasteiger partial charge >= 0.3 is 0 Å². The van der Waals surface area contributed by atoms with Crippen molar-refractivity contribution in [2.75, 3.05) is 12.4 Å². The van der Waals surface area contributed by atoms with Gasteiger partial charge in [0.2, 0.25) is 15.0 Å². The fraction of sp³-hybridized carbons (Fsp3) is 0.118. The molecule has 8 heteroatoms. The molecule has 1 aromatic heterocycles. The van der Waals surface area contributed by atoms with E-state index in [1.54, 1.807) is 48.5 Å². The standard InChI is InChI=1S/C17H14Cl2N2O3S/c18-13-5-1-11(2-6-13)15-16(12-3-7-14(19)8-4-12)21-17(20-15)25(23,24)10-9-22/h1-8,22H,9-10H2,(H,20,21). The highest BCUT2D eigenvalue weighted by molar-refractivity contribution is 7.91. The highest BCUT2D eigenvalue weighted by Gasteiger charge is 2.22. The maximum absolute atomic E-state index is 12.3. The van der Waals surface area contributed by atoms with E-state index in [0.29, 0.717) is 21.4 Å². The van der Waals surface area contributed by atoms with E-state index in [4.69, 9.17) is 28.3 Å². The SMILES string of the molecule is O=S(=O)(CCO)c1nc(-c2ccc(Cl)cc2)c(-c2ccc(Cl)cc2)[nH]1. The smallest absolute Gasteiger partial charge is 0.226 e. The first-order valence-electron chi connectivity index (χ1n) is 7.36. The predicted molar refractivity (Wildman–Crippen MR) is 98.6 cm³/mol. The molecule has 0 saturated heterocycles. The Bertz CT molecular complexity index is 919. The van der Waals surface area contributed by atoms with Gasteiger partial charge in [0.25, 0.3) is 0 Å². The van der Waals surface area contributed by atoms with Gasteiger partial charge in [0.15, 0.2) is 0 Å². The summed E-state index contributed by atoms with van der Waals surface area (Å²) in [6.45, 7) is -0.477. The first-order valence-corrected chi connectivity index (χ1v) is 9.77. The van der Waals surface area contributed by atoms with E-state index in [1.165, 1.54) is 0 Å². The topological polar surface area (TPSA) is 83.1 Å². The average Bonchev–Trinajstić information content (AvgIpc) is 3.02. The van der Waals surface area contributed by atoms with Crippen LogP contribution in [0, 0.1) is 0 Å². The Morgan fingerprint density at radius 1 is 0.920 bits per heavy atom. The maximum Gasteiger partial charge on any atom is 0.226 e. The number of hydrogen-bond acceptors (Lipinski definition) is 4. The molecule has 2 aromatic carbocycles. The normalized spacial score (nSPS) is 11.6. The zero-order valence-electron chi connectivity index (χ0n) is 12.9. The molecule has 0 aliphatic carbocycles. The van der Waals surface area contributed by atoms with Crippen LogP contribution in [0.25, 0.3) is 22.5 Å². The van der Waals surface area contributed by atoms with Gasteiger partial charge in [0.1, 0.15) is 0 Å². The minimum Gasteiger partial charge on any atom is -0.395 e. The minimum absolute atomic E-state index is 0.184. The van der Waals surface area contributed by atoms with Crippen molar-refractivity contribution in [3.05, 3.63) is 58.6 Å². The number of rotatable bonds is 5.